The summed E-state index contributed by atoms with van der Waals surface area (Å²) in [5.41, 5.74) is 4.00. The fraction of sp³-hybridized carbons (Fsp3) is 0.211. The molecule has 23 heavy (non-hydrogen) atoms. The Morgan fingerprint density at radius 2 is 1.78 bits per heavy atom. The molecular weight excluding hydrogens is 292 g/mol. The highest BCUT2D eigenvalue weighted by Gasteiger charge is 2.27. The van der Waals surface area contributed by atoms with Crippen LogP contribution in [-0.4, -0.2) is 25.1 Å². The summed E-state index contributed by atoms with van der Waals surface area (Å²) in [6, 6.07) is 8.89. The van der Waals surface area contributed by atoms with Crippen molar-refractivity contribution < 1.29 is 19.4 Å². The number of ketones is 1. The van der Waals surface area contributed by atoms with Crippen molar-refractivity contribution in [1.29, 1.82) is 0 Å². The smallest absolute Gasteiger partial charge is 0.189 e. The van der Waals surface area contributed by atoms with Gasteiger partial charge in [-0.3, -0.25) is 4.79 Å². The second-order valence-electron chi connectivity index (χ2n) is 5.59. The van der Waals surface area contributed by atoms with Gasteiger partial charge in [0.1, 0.15) is 5.75 Å². The Balaban J connectivity index is 1.99. The number of carbonyl (C=O) groups is 1. The van der Waals surface area contributed by atoms with Crippen LogP contribution < -0.4 is 9.47 Å². The summed E-state index contributed by atoms with van der Waals surface area (Å²) in [4.78, 5) is 12.6. The number of fused-ring (bicyclic) bond motifs is 1. The van der Waals surface area contributed by atoms with E-state index in [9.17, 15) is 9.90 Å². The molecule has 1 aliphatic rings. The summed E-state index contributed by atoms with van der Waals surface area (Å²) >= 11 is 0. The predicted molar refractivity (Wildman–Crippen MR) is 88.4 cm³/mol. The van der Waals surface area contributed by atoms with Crippen LogP contribution in [0.2, 0.25) is 0 Å². The molecule has 0 atom stereocenters. The zero-order valence-electron chi connectivity index (χ0n) is 13.3. The van der Waals surface area contributed by atoms with Gasteiger partial charge in [-0.2, -0.15) is 0 Å². The van der Waals surface area contributed by atoms with E-state index in [2.05, 4.69) is 0 Å². The molecule has 0 heterocycles. The average molecular weight is 310 g/mol. The molecule has 2 aromatic carbocycles. The van der Waals surface area contributed by atoms with E-state index in [0.717, 1.165) is 22.3 Å². The normalized spacial score (nSPS) is 14.9. The maximum atomic E-state index is 12.6. The Kier molecular flexibility index (Phi) is 3.82. The number of allylic oxidation sites excluding steroid dienone is 1. The Morgan fingerprint density at radius 1 is 1.09 bits per heavy atom. The first kappa shape index (κ1) is 15.2. The lowest BCUT2D eigenvalue weighted by Gasteiger charge is -2.08. The molecular formula is C19H18O4. The van der Waals surface area contributed by atoms with Crippen LogP contribution in [0.3, 0.4) is 0 Å². The second-order valence-corrected chi connectivity index (χ2v) is 5.59. The van der Waals surface area contributed by atoms with Gasteiger partial charge in [0.05, 0.1) is 14.2 Å². The number of carbonyl (C=O) groups excluding carboxylic acids is 1. The number of rotatable bonds is 3. The molecule has 0 fully saturated rings. The molecule has 4 heteroatoms. The van der Waals surface area contributed by atoms with Crippen molar-refractivity contribution >= 4 is 11.9 Å². The molecule has 3 rings (SSSR count). The Labute approximate surface area is 135 Å². The largest absolute Gasteiger partial charge is 0.508 e. The number of phenols is 1. The summed E-state index contributed by atoms with van der Waals surface area (Å²) in [6.07, 6.45) is 2.43. The highest BCUT2D eigenvalue weighted by Crippen LogP contribution is 2.37. The van der Waals surface area contributed by atoms with Gasteiger partial charge >= 0.3 is 0 Å². The van der Waals surface area contributed by atoms with Crippen LogP contribution in [0.1, 0.15) is 27.0 Å². The SMILES string of the molecule is COc1cc2c(cc1OC)C(=O)/C(=C/c1ccc(O)c(C)c1)C2. The maximum Gasteiger partial charge on any atom is 0.189 e. The van der Waals surface area contributed by atoms with Gasteiger partial charge in [0.15, 0.2) is 17.3 Å². The van der Waals surface area contributed by atoms with E-state index < -0.39 is 0 Å². The number of aromatic hydroxyl groups is 1. The van der Waals surface area contributed by atoms with Crippen LogP contribution in [0.15, 0.2) is 35.9 Å². The molecule has 0 spiro atoms. The number of Topliss-reactive ketones (excluding diaryl/α,β-unsaturated/α-hetero) is 1. The molecule has 0 aromatic heterocycles. The zero-order chi connectivity index (χ0) is 16.6. The average Bonchev–Trinajstić information content (AvgIpc) is 2.85. The van der Waals surface area contributed by atoms with E-state index in [1.807, 2.05) is 25.1 Å². The number of hydrogen-bond donors (Lipinski definition) is 1. The van der Waals surface area contributed by atoms with Gasteiger partial charge in [0.25, 0.3) is 0 Å². The summed E-state index contributed by atoms with van der Waals surface area (Å²) in [5.74, 6) is 1.44. The molecule has 0 saturated carbocycles. The molecule has 1 aliphatic carbocycles. The lowest BCUT2D eigenvalue weighted by atomic mass is 10.1. The van der Waals surface area contributed by atoms with Crippen molar-refractivity contribution in [2.45, 2.75) is 13.3 Å². The van der Waals surface area contributed by atoms with Gasteiger partial charge in [-0.1, -0.05) is 6.07 Å². The van der Waals surface area contributed by atoms with Crippen LogP contribution in [0, 0.1) is 6.92 Å². The highest BCUT2D eigenvalue weighted by atomic mass is 16.5. The third-order valence-electron chi connectivity index (χ3n) is 4.09. The number of hydrogen-bond acceptors (Lipinski definition) is 4. The predicted octanol–water partition coefficient (Wildman–Crippen LogP) is 3.54. The number of methoxy groups -OCH3 is 2. The van der Waals surface area contributed by atoms with Crippen LogP contribution in [0.5, 0.6) is 17.2 Å². The fourth-order valence-corrected chi connectivity index (χ4v) is 2.82. The lowest BCUT2D eigenvalue weighted by Crippen LogP contribution is -1.97. The van der Waals surface area contributed by atoms with Gasteiger partial charge in [-0.15, -0.1) is 0 Å². The van der Waals surface area contributed by atoms with Crippen molar-refractivity contribution in [2.75, 3.05) is 14.2 Å². The summed E-state index contributed by atoms with van der Waals surface area (Å²) < 4.78 is 10.6. The number of ether oxygens (including phenoxy) is 2. The van der Waals surface area contributed by atoms with Crippen molar-refractivity contribution in [3.8, 4) is 17.2 Å². The molecule has 0 amide bonds. The molecule has 118 valence electrons. The molecule has 0 radical (unpaired) electrons. The zero-order valence-corrected chi connectivity index (χ0v) is 13.3. The molecule has 0 unspecified atom stereocenters. The van der Waals surface area contributed by atoms with Crippen molar-refractivity contribution in [1.82, 2.24) is 0 Å². The molecule has 4 nitrogen and oxygen atoms in total. The van der Waals surface area contributed by atoms with E-state index in [0.29, 0.717) is 23.5 Å². The quantitative estimate of drug-likeness (QED) is 0.881. The van der Waals surface area contributed by atoms with Gasteiger partial charge in [0, 0.05) is 17.6 Å². The molecule has 0 bridgehead atoms. The van der Waals surface area contributed by atoms with E-state index in [-0.39, 0.29) is 11.5 Å². The van der Waals surface area contributed by atoms with Gasteiger partial charge in [-0.25, -0.2) is 0 Å². The van der Waals surface area contributed by atoms with E-state index in [1.54, 1.807) is 32.4 Å². The Bertz CT molecular complexity index is 818. The standard InChI is InChI=1S/C19H18O4/c1-11-6-12(4-5-16(11)20)7-14-8-13-9-17(22-2)18(23-3)10-15(13)19(14)21/h4-7,9-10,20H,8H2,1-3H3/b14-7+. The number of aryl methyl sites for hydroxylation is 1. The highest BCUT2D eigenvalue weighted by molar-refractivity contribution is 6.15. The number of phenolic OH excluding ortho intramolecular Hbond substituents is 1. The van der Waals surface area contributed by atoms with Crippen LogP contribution in [0.25, 0.3) is 6.08 Å². The topological polar surface area (TPSA) is 55.8 Å². The van der Waals surface area contributed by atoms with Crippen LogP contribution >= 0.6 is 0 Å². The minimum atomic E-state index is 0.00619. The first-order valence-electron chi connectivity index (χ1n) is 7.33. The van der Waals surface area contributed by atoms with Crippen molar-refractivity contribution in [3.05, 3.63) is 58.2 Å². The van der Waals surface area contributed by atoms with Crippen LogP contribution in [0.4, 0.5) is 0 Å². The van der Waals surface area contributed by atoms with Crippen molar-refractivity contribution in [2.24, 2.45) is 0 Å². The third kappa shape index (κ3) is 2.68. The summed E-state index contributed by atoms with van der Waals surface area (Å²) in [6.45, 7) is 1.83. The monoisotopic (exact) mass is 310 g/mol. The first-order chi connectivity index (χ1) is 11.0. The minimum absolute atomic E-state index is 0.00619. The Hall–Kier alpha value is -2.75. The minimum Gasteiger partial charge on any atom is -0.508 e. The Morgan fingerprint density at radius 3 is 2.43 bits per heavy atom. The lowest BCUT2D eigenvalue weighted by molar-refractivity contribution is 0.104. The molecule has 2 aromatic rings. The fourth-order valence-electron chi connectivity index (χ4n) is 2.82. The van der Waals surface area contributed by atoms with Crippen molar-refractivity contribution in [3.63, 3.8) is 0 Å². The van der Waals surface area contributed by atoms with Gasteiger partial charge in [-0.05, 0) is 54.0 Å². The number of benzene rings is 2. The van der Waals surface area contributed by atoms with Crippen LogP contribution in [-0.2, 0) is 6.42 Å². The van der Waals surface area contributed by atoms with E-state index in [4.69, 9.17) is 9.47 Å². The summed E-state index contributed by atoms with van der Waals surface area (Å²) in [7, 11) is 3.14. The summed E-state index contributed by atoms with van der Waals surface area (Å²) in [5, 5.41) is 9.60. The van der Waals surface area contributed by atoms with E-state index >= 15 is 0 Å². The maximum absolute atomic E-state index is 12.6. The molecule has 0 aliphatic heterocycles. The molecule has 1 N–H and O–H groups in total. The van der Waals surface area contributed by atoms with E-state index in [1.165, 1.54) is 0 Å². The first-order valence-corrected chi connectivity index (χ1v) is 7.33. The second kappa shape index (κ2) is 5.80. The van der Waals surface area contributed by atoms with Gasteiger partial charge in [0.2, 0.25) is 0 Å². The third-order valence-corrected chi connectivity index (χ3v) is 4.09. The molecule has 0 saturated heterocycles. The van der Waals surface area contributed by atoms with Gasteiger partial charge < -0.3 is 14.6 Å².